The van der Waals surface area contributed by atoms with E-state index in [-0.39, 0.29) is 19.0 Å². The van der Waals surface area contributed by atoms with Crippen molar-refractivity contribution in [2.24, 2.45) is 0 Å². The maximum absolute atomic E-state index is 11.9. The van der Waals surface area contributed by atoms with Crippen LogP contribution in [0.5, 0.6) is 0 Å². The van der Waals surface area contributed by atoms with Crippen LogP contribution in [0.4, 0.5) is 0 Å². The molecular formula is C17H21N3O3S. The quantitative estimate of drug-likeness (QED) is 0.781. The maximum Gasteiger partial charge on any atom is 0.252 e. The molecule has 0 bridgehead atoms. The van der Waals surface area contributed by atoms with Crippen molar-refractivity contribution in [1.82, 2.24) is 14.6 Å². The Labute approximate surface area is 142 Å². The first-order valence-corrected chi connectivity index (χ1v) is 9.49. The summed E-state index contributed by atoms with van der Waals surface area (Å²) < 4.78 is 25.2. The van der Waals surface area contributed by atoms with E-state index in [1.165, 1.54) is 16.8 Å². The average Bonchev–Trinajstić information content (AvgIpc) is 2.58. The Bertz CT molecular complexity index is 749. The molecule has 0 fully saturated rings. The first kappa shape index (κ1) is 18.1. The van der Waals surface area contributed by atoms with Crippen molar-refractivity contribution >= 4 is 15.9 Å². The van der Waals surface area contributed by atoms with Gasteiger partial charge in [0.05, 0.1) is 11.8 Å². The van der Waals surface area contributed by atoms with E-state index >= 15 is 0 Å². The Morgan fingerprint density at radius 2 is 1.88 bits per heavy atom. The van der Waals surface area contributed by atoms with Crippen molar-refractivity contribution in [2.75, 3.05) is 25.9 Å². The molecule has 1 aromatic carbocycles. The summed E-state index contributed by atoms with van der Waals surface area (Å²) in [4.78, 5) is 15.8. The lowest BCUT2D eigenvalue weighted by Gasteiger charge is -2.20. The van der Waals surface area contributed by atoms with E-state index in [1.807, 2.05) is 30.3 Å². The lowest BCUT2D eigenvalue weighted by molar-refractivity contribution is 0.0951. The van der Waals surface area contributed by atoms with Gasteiger partial charge in [-0.15, -0.1) is 0 Å². The number of amides is 1. The predicted molar refractivity (Wildman–Crippen MR) is 93.1 cm³/mol. The highest BCUT2D eigenvalue weighted by Crippen LogP contribution is 2.04. The third-order valence-corrected chi connectivity index (χ3v) is 4.84. The summed E-state index contributed by atoms with van der Waals surface area (Å²) in [7, 11) is -3.33. The van der Waals surface area contributed by atoms with Gasteiger partial charge in [0, 0.05) is 32.0 Å². The molecule has 0 saturated heterocycles. The molecule has 0 saturated carbocycles. The topological polar surface area (TPSA) is 79.4 Å². The molecule has 1 N–H and O–H groups in total. The zero-order valence-corrected chi connectivity index (χ0v) is 14.4. The average molecular weight is 347 g/mol. The van der Waals surface area contributed by atoms with E-state index < -0.39 is 10.0 Å². The summed E-state index contributed by atoms with van der Waals surface area (Å²) in [5, 5.41) is 2.71. The van der Waals surface area contributed by atoms with Crippen molar-refractivity contribution in [3.63, 3.8) is 0 Å². The molecule has 0 spiro atoms. The predicted octanol–water partition coefficient (Wildman–Crippen LogP) is 1.32. The second-order valence-corrected chi connectivity index (χ2v) is 7.38. The highest BCUT2D eigenvalue weighted by atomic mass is 32.2. The molecule has 0 radical (unpaired) electrons. The third-order valence-electron chi connectivity index (χ3n) is 3.53. The Kier molecular flexibility index (Phi) is 6.45. The van der Waals surface area contributed by atoms with E-state index in [0.29, 0.717) is 18.5 Å². The molecule has 2 rings (SSSR count). The molecule has 2 aromatic rings. The van der Waals surface area contributed by atoms with E-state index in [1.54, 1.807) is 18.3 Å². The van der Waals surface area contributed by atoms with Crippen LogP contribution in [0.2, 0.25) is 0 Å². The third kappa shape index (κ3) is 5.75. The van der Waals surface area contributed by atoms with Crippen LogP contribution in [0.15, 0.2) is 54.9 Å². The van der Waals surface area contributed by atoms with Gasteiger partial charge in [-0.2, -0.15) is 0 Å². The Morgan fingerprint density at radius 1 is 1.12 bits per heavy atom. The van der Waals surface area contributed by atoms with Crippen LogP contribution in [0, 0.1) is 0 Å². The molecule has 7 heteroatoms. The Balaban J connectivity index is 1.87. The smallest absolute Gasteiger partial charge is 0.252 e. The van der Waals surface area contributed by atoms with Crippen molar-refractivity contribution < 1.29 is 13.2 Å². The summed E-state index contributed by atoms with van der Waals surface area (Å²) in [5.74, 6) is -0.264. The van der Waals surface area contributed by atoms with Crippen LogP contribution in [-0.4, -0.2) is 49.5 Å². The molecule has 0 unspecified atom stereocenters. The number of hydrogen-bond acceptors (Lipinski definition) is 4. The number of carbonyl (C=O) groups excluding carboxylic acids is 1. The van der Waals surface area contributed by atoms with Crippen molar-refractivity contribution in [3.05, 3.63) is 66.0 Å². The summed E-state index contributed by atoms with van der Waals surface area (Å²) in [6, 6.07) is 13.0. The van der Waals surface area contributed by atoms with Crippen LogP contribution < -0.4 is 5.32 Å². The molecule has 0 aliphatic rings. The van der Waals surface area contributed by atoms with Crippen LogP contribution in [0.3, 0.4) is 0 Å². The first-order chi connectivity index (χ1) is 11.5. The maximum atomic E-state index is 11.9. The number of sulfonamides is 1. The number of nitrogens with zero attached hydrogens (tertiary/aromatic N) is 2. The molecule has 0 atom stereocenters. The minimum Gasteiger partial charge on any atom is -0.351 e. The van der Waals surface area contributed by atoms with E-state index in [0.717, 1.165) is 5.56 Å². The fourth-order valence-corrected chi connectivity index (χ4v) is 3.08. The number of nitrogens with one attached hydrogen (secondary N) is 1. The molecule has 1 amide bonds. The number of aromatic nitrogens is 1. The Morgan fingerprint density at radius 3 is 2.50 bits per heavy atom. The van der Waals surface area contributed by atoms with E-state index in [9.17, 15) is 13.2 Å². The molecular weight excluding hydrogens is 326 g/mol. The van der Waals surface area contributed by atoms with Gasteiger partial charge in [0.2, 0.25) is 10.0 Å². The number of benzene rings is 1. The van der Waals surface area contributed by atoms with Crippen LogP contribution in [0.25, 0.3) is 0 Å². The minimum absolute atomic E-state index is 0.234. The number of hydrogen-bond donors (Lipinski definition) is 1. The second kappa shape index (κ2) is 8.56. The number of pyridine rings is 1. The molecule has 128 valence electrons. The second-order valence-electron chi connectivity index (χ2n) is 5.40. The fraction of sp³-hybridized carbons (Fsp3) is 0.294. The van der Waals surface area contributed by atoms with Crippen molar-refractivity contribution in [2.45, 2.75) is 6.42 Å². The van der Waals surface area contributed by atoms with Gasteiger partial charge in [-0.3, -0.25) is 9.78 Å². The molecule has 1 aromatic heterocycles. The van der Waals surface area contributed by atoms with Gasteiger partial charge in [0.1, 0.15) is 0 Å². The Hall–Kier alpha value is -2.25. The van der Waals surface area contributed by atoms with E-state index in [4.69, 9.17) is 0 Å². The number of rotatable bonds is 8. The van der Waals surface area contributed by atoms with Crippen molar-refractivity contribution in [1.29, 1.82) is 0 Å². The summed E-state index contributed by atoms with van der Waals surface area (Å²) in [6.07, 6.45) is 4.87. The molecule has 1 heterocycles. The van der Waals surface area contributed by atoms with Gasteiger partial charge in [0.15, 0.2) is 0 Å². The monoisotopic (exact) mass is 347 g/mol. The van der Waals surface area contributed by atoms with Gasteiger partial charge < -0.3 is 5.32 Å². The van der Waals surface area contributed by atoms with Gasteiger partial charge >= 0.3 is 0 Å². The lowest BCUT2D eigenvalue weighted by Crippen LogP contribution is -2.39. The van der Waals surface area contributed by atoms with Crippen LogP contribution in [-0.2, 0) is 16.4 Å². The standard InChI is InChI=1S/C17H21N3O3S/c1-24(22,23)20(12-9-15-6-3-2-4-7-15)13-11-19-17(21)16-8-5-10-18-14-16/h2-8,10,14H,9,11-13H2,1H3,(H,19,21). The summed E-state index contributed by atoms with van der Waals surface area (Å²) in [6.45, 7) is 0.860. The fourth-order valence-electron chi connectivity index (χ4n) is 2.24. The molecule has 6 nitrogen and oxygen atoms in total. The number of carbonyl (C=O) groups is 1. The van der Waals surface area contributed by atoms with Gasteiger partial charge in [-0.05, 0) is 24.1 Å². The lowest BCUT2D eigenvalue weighted by atomic mass is 10.1. The van der Waals surface area contributed by atoms with Gasteiger partial charge in [-0.1, -0.05) is 30.3 Å². The normalized spacial score (nSPS) is 11.4. The summed E-state index contributed by atoms with van der Waals surface area (Å²) >= 11 is 0. The first-order valence-electron chi connectivity index (χ1n) is 7.64. The van der Waals surface area contributed by atoms with Gasteiger partial charge in [-0.25, -0.2) is 12.7 Å². The van der Waals surface area contributed by atoms with E-state index in [2.05, 4.69) is 10.3 Å². The van der Waals surface area contributed by atoms with Gasteiger partial charge in [0.25, 0.3) is 5.91 Å². The highest BCUT2D eigenvalue weighted by molar-refractivity contribution is 7.88. The SMILES string of the molecule is CS(=O)(=O)N(CCNC(=O)c1cccnc1)CCc1ccccc1. The van der Waals surface area contributed by atoms with Crippen LogP contribution >= 0.6 is 0 Å². The molecule has 0 aliphatic heterocycles. The zero-order valence-electron chi connectivity index (χ0n) is 13.6. The highest BCUT2D eigenvalue weighted by Gasteiger charge is 2.16. The summed E-state index contributed by atoms with van der Waals surface area (Å²) in [5.41, 5.74) is 1.53. The zero-order chi connectivity index (χ0) is 17.4. The minimum atomic E-state index is -3.33. The van der Waals surface area contributed by atoms with Crippen LogP contribution in [0.1, 0.15) is 15.9 Å². The van der Waals surface area contributed by atoms with Crippen molar-refractivity contribution in [3.8, 4) is 0 Å². The largest absolute Gasteiger partial charge is 0.351 e. The molecule has 0 aliphatic carbocycles. The molecule has 24 heavy (non-hydrogen) atoms.